The first kappa shape index (κ1) is 78.3. The van der Waals surface area contributed by atoms with Gasteiger partial charge in [-0.3, -0.25) is 14.4 Å². The molecule has 0 aliphatic rings. The Bertz CT molecular complexity index is 1800. The van der Waals surface area contributed by atoms with Crippen molar-refractivity contribution in [3.8, 4) is 0 Å². The lowest BCUT2D eigenvalue weighted by Crippen LogP contribution is -2.30. The lowest BCUT2D eigenvalue weighted by molar-refractivity contribution is -0.167. The van der Waals surface area contributed by atoms with Gasteiger partial charge in [0.25, 0.3) is 0 Å². The van der Waals surface area contributed by atoms with Gasteiger partial charge in [0.05, 0.1) is 0 Å². The van der Waals surface area contributed by atoms with Gasteiger partial charge >= 0.3 is 17.9 Å². The first-order valence-electron chi connectivity index (χ1n) is 34.3. The summed E-state index contributed by atoms with van der Waals surface area (Å²) in [7, 11) is 0. The van der Waals surface area contributed by atoms with Crippen molar-refractivity contribution in [1.29, 1.82) is 0 Å². The molecule has 0 saturated carbocycles. The highest BCUT2D eigenvalue weighted by atomic mass is 16.6. The molecule has 0 aromatic carbocycles. The number of rotatable bonds is 61. The van der Waals surface area contributed by atoms with Crippen LogP contribution in [-0.4, -0.2) is 37.2 Å². The van der Waals surface area contributed by atoms with Crippen molar-refractivity contribution in [3.63, 3.8) is 0 Å². The number of ether oxygens (including phenoxy) is 3. The van der Waals surface area contributed by atoms with Crippen molar-refractivity contribution in [1.82, 2.24) is 0 Å². The molecule has 0 aromatic heterocycles. The maximum absolute atomic E-state index is 12.9. The molecule has 470 valence electrons. The average molecular weight is 1150 g/mol. The summed E-state index contributed by atoms with van der Waals surface area (Å²) in [5, 5.41) is 0. The monoisotopic (exact) mass is 1150 g/mol. The number of hydrogen-bond acceptors (Lipinski definition) is 6. The number of carbonyl (C=O) groups is 3. The number of esters is 3. The molecule has 0 rings (SSSR count). The van der Waals surface area contributed by atoms with E-state index in [9.17, 15) is 14.4 Å². The van der Waals surface area contributed by atoms with Crippen molar-refractivity contribution >= 4 is 17.9 Å². The summed E-state index contributed by atoms with van der Waals surface area (Å²) in [6.45, 7) is 6.36. The van der Waals surface area contributed by atoms with Crippen LogP contribution in [0.4, 0.5) is 0 Å². The average Bonchev–Trinajstić information content (AvgIpc) is 3.49. The van der Waals surface area contributed by atoms with Crippen molar-refractivity contribution in [2.75, 3.05) is 13.2 Å². The molecule has 0 bridgehead atoms. The maximum atomic E-state index is 12.9. The van der Waals surface area contributed by atoms with Gasteiger partial charge in [0.2, 0.25) is 0 Å². The minimum absolute atomic E-state index is 0.0879. The van der Waals surface area contributed by atoms with Crippen molar-refractivity contribution < 1.29 is 28.6 Å². The molecule has 0 radical (unpaired) electrons. The van der Waals surface area contributed by atoms with E-state index >= 15 is 0 Å². The fraction of sp³-hybridized carbons (Fsp3) is 0.649. The van der Waals surface area contributed by atoms with Gasteiger partial charge in [-0.1, -0.05) is 308 Å². The highest BCUT2D eigenvalue weighted by molar-refractivity contribution is 5.71. The molecule has 1 atom stereocenters. The van der Waals surface area contributed by atoms with Gasteiger partial charge in [-0.25, -0.2) is 0 Å². The van der Waals surface area contributed by atoms with Crippen molar-refractivity contribution in [2.24, 2.45) is 0 Å². The summed E-state index contributed by atoms with van der Waals surface area (Å²) in [4.78, 5) is 38.2. The van der Waals surface area contributed by atoms with Crippen LogP contribution in [0.15, 0.2) is 146 Å². The maximum Gasteiger partial charge on any atom is 0.306 e. The molecular weight excluding hydrogens is 1020 g/mol. The number of hydrogen-bond donors (Lipinski definition) is 0. The first-order valence-corrected chi connectivity index (χ1v) is 34.3. The Morgan fingerprint density at radius 1 is 0.253 bits per heavy atom. The molecule has 0 aromatic rings. The van der Waals surface area contributed by atoms with Gasteiger partial charge in [0, 0.05) is 19.3 Å². The third-order valence-corrected chi connectivity index (χ3v) is 14.3. The molecule has 83 heavy (non-hydrogen) atoms. The van der Waals surface area contributed by atoms with Gasteiger partial charge < -0.3 is 14.2 Å². The Hall–Kier alpha value is -4.71. The Morgan fingerprint density at radius 3 is 0.735 bits per heavy atom. The number of unbranched alkanes of at least 4 members (excludes halogenated alkanes) is 26. The molecule has 0 heterocycles. The third kappa shape index (κ3) is 68.0. The Labute approximate surface area is 512 Å². The van der Waals surface area contributed by atoms with E-state index in [0.717, 1.165) is 154 Å². The zero-order valence-electron chi connectivity index (χ0n) is 53.9. The Morgan fingerprint density at radius 2 is 0.470 bits per heavy atom. The second kappa shape index (κ2) is 69.8. The summed E-state index contributed by atoms with van der Waals surface area (Å²) < 4.78 is 16.9. The summed E-state index contributed by atoms with van der Waals surface area (Å²) in [5.74, 6) is -0.910. The summed E-state index contributed by atoms with van der Waals surface area (Å²) >= 11 is 0. The van der Waals surface area contributed by atoms with E-state index in [1.165, 1.54) is 109 Å². The molecule has 0 spiro atoms. The van der Waals surface area contributed by atoms with E-state index < -0.39 is 6.10 Å². The van der Waals surface area contributed by atoms with Crippen LogP contribution in [0.2, 0.25) is 0 Å². The molecular formula is C77H126O6. The highest BCUT2D eigenvalue weighted by Crippen LogP contribution is 2.16. The molecule has 6 nitrogen and oxygen atoms in total. The second-order valence-electron chi connectivity index (χ2n) is 22.3. The van der Waals surface area contributed by atoms with Crippen LogP contribution < -0.4 is 0 Å². The highest BCUT2D eigenvalue weighted by Gasteiger charge is 2.19. The van der Waals surface area contributed by atoms with E-state index in [1.807, 2.05) is 0 Å². The fourth-order valence-corrected chi connectivity index (χ4v) is 9.27. The molecule has 0 fully saturated rings. The van der Waals surface area contributed by atoms with Crippen LogP contribution >= 0.6 is 0 Å². The van der Waals surface area contributed by atoms with Crippen LogP contribution in [0.25, 0.3) is 0 Å². The summed E-state index contributed by atoms with van der Waals surface area (Å²) in [6, 6.07) is 0. The molecule has 6 heteroatoms. The smallest absolute Gasteiger partial charge is 0.306 e. The predicted octanol–water partition coefficient (Wildman–Crippen LogP) is 23.9. The zero-order valence-corrected chi connectivity index (χ0v) is 53.9. The minimum atomic E-state index is -0.791. The lowest BCUT2D eigenvalue weighted by atomic mass is 10.0. The van der Waals surface area contributed by atoms with Crippen LogP contribution in [0.3, 0.4) is 0 Å². The van der Waals surface area contributed by atoms with Gasteiger partial charge in [0.15, 0.2) is 6.10 Å². The van der Waals surface area contributed by atoms with Crippen molar-refractivity contribution in [3.05, 3.63) is 146 Å². The van der Waals surface area contributed by atoms with E-state index in [1.54, 1.807) is 0 Å². The largest absolute Gasteiger partial charge is 0.462 e. The van der Waals surface area contributed by atoms with Crippen LogP contribution in [-0.2, 0) is 28.6 Å². The number of allylic oxidation sites excluding steroid dienone is 24. The number of carbonyl (C=O) groups excluding carboxylic acids is 3. The quantitative estimate of drug-likeness (QED) is 0.0261. The Kier molecular flexibility index (Phi) is 65.8. The Balaban J connectivity index is 4.15. The normalized spacial score (nSPS) is 13.0. The zero-order chi connectivity index (χ0) is 59.9. The topological polar surface area (TPSA) is 78.9 Å². The van der Waals surface area contributed by atoms with Crippen LogP contribution in [0.5, 0.6) is 0 Å². The van der Waals surface area contributed by atoms with E-state index in [4.69, 9.17) is 14.2 Å². The van der Waals surface area contributed by atoms with Crippen LogP contribution in [0.1, 0.15) is 303 Å². The molecule has 0 saturated heterocycles. The second-order valence-corrected chi connectivity index (χ2v) is 22.3. The van der Waals surface area contributed by atoms with Crippen molar-refractivity contribution in [2.45, 2.75) is 309 Å². The SMILES string of the molecule is CC/C=C\C/C=C\C/C=C\C/C=C\C/C=C\C/C=C\C/C=C\CCCCCCCC(=O)OC(COC(=O)CCCCCCCCC)COC(=O)CCCCCCCCCCCCCCCCC/C=C\C/C=C\C/C=C\C/C=C\C/C=C\CC. The van der Waals surface area contributed by atoms with Gasteiger partial charge in [-0.05, 0) is 122 Å². The molecule has 1 unspecified atom stereocenters. The van der Waals surface area contributed by atoms with E-state index in [0.29, 0.717) is 19.3 Å². The summed E-state index contributed by atoms with van der Waals surface area (Å²) in [5.41, 5.74) is 0. The van der Waals surface area contributed by atoms with Gasteiger partial charge in [0.1, 0.15) is 13.2 Å². The predicted molar refractivity (Wildman–Crippen MR) is 362 cm³/mol. The fourth-order valence-electron chi connectivity index (χ4n) is 9.27. The molecule has 0 N–H and O–H groups in total. The van der Waals surface area contributed by atoms with E-state index in [2.05, 4.69) is 167 Å². The van der Waals surface area contributed by atoms with Crippen LogP contribution in [0, 0.1) is 0 Å². The molecule has 0 aliphatic heterocycles. The molecule has 0 aliphatic carbocycles. The van der Waals surface area contributed by atoms with Gasteiger partial charge in [-0.2, -0.15) is 0 Å². The standard InChI is InChI=1S/C77H126O6/c1-4-7-10-13-16-18-20-22-24-26-28-30-32-34-36-37-38-39-41-42-44-46-48-50-52-54-56-58-61-64-67-70-76(79)82-73-74(72-81-75(78)69-66-63-60-15-12-9-6-3)83-77(80)71-68-65-62-59-57-55-53-51-49-47-45-43-40-35-33-31-29-27-25-23-21-19-17-14-11-8-5-2/h7-8,10-11,16-19,22-25,28-31,34-36,40,45,47,51,53,74H,4-6,9,12-15,20-21,26-27,32-33,37-39,41-44,46,48-50,52,54-73H2,1-3H3/b10-7-,11-8-,18-16-,19-17-,24-22-,25-23-,30-28-,31-29-,36-34-,40-35-,47-45-,53-51-. The summed E-state index contributed by atoms with van der Waals surface area (Å²) in [6.07, 6.45) is 100. The lowest BCUT2D eigenvalue weighted by Gasteiger charge is -2.18. The van der Waals surface area contributed by atoms with E-state index in [-0.39, 0.29) is 31.1 Å². The first-order chi connectivity index (χ1) is 41.0. The molecule has 0 amide bonds. The third-order valence-electron chi connectivity index (χ3n) is 14.3. The minimum Gasteiger partial charge on any atom is -0.462 e. The van der Waals surface area contributed by atoms with Gasteiger partial charge in [-0.15, -0.1) is 0 Å².